The Kier molecular flexibility index (Phi) is 7.32. The van der Waals surface area contributed by atoms with E-state index in [4.69, 9.17) is 9.47 Å². The minimum absolute atomic E-state index is 0.0553. The zero-order chi connectivity index (χ0) is 16.5. The van der Waals surface area contributed by atoms with Crippen LogP contribution in [-0.2, 0) is 9.53 Å². The number of hydrogen-bond donors (Lipinski definition) is 2. The molecule has 23 heavy (non-hydrogen) atoms. The molecule has 2 rings (SSSR count). The number of carbonyl (C=O) groups excluding carboxylic acids is 1. The molecule has 1 fully saturated rings. The largest absolute Gasteiger partial charge is 0.495 e. The van der Waals surface area contributed by atoms with Crippen molar-refractivity contribution in [3.63, 3.8) is 0 Å². The Morgan fingerprint density at radius 3 is 2.87 bits per heavy atom. The maximum absolute atomic E-state index is 12.0. The zero-order valence-electron chi connectivity index (χ0n) is 14.1. The molecule has 2 N–H and O–H groups in total. The van der Waals surface area contributed by atoms with E-state index in [-0.39, 0.29) is 5.91 Å². The smallest absolute Gasteiger partial charge is 0.238 e. The van der Waals surface area contributed by atoms with Gasteiger partial charge < -0.3 is 20.1 Å². The predicted molar refractivity (Wildman–Crippen MR) is 91.1 cm³/mol. The number of amides is 1. The van der Waals surface area contributed by atoms with Crippen LogP contribution in [0.2, 0.25) is 0 Å². The molecule has 0 spiro atoms. The van der Waals surface area contributed by atoms with Crippen molar-refractivity contribution in [1.29, 1.82) is 0 Å². The fourth-order valence-electron chi connectivity index (χ4n) is 2.57. The lowest BCUT2D eigenvalue weighted by Crippen LogP contribution is -2.38. The molecular formula is C17H27N3O3. The molecule has 0 radical (unpaired) electrons. The van der Waals surface area contributed by atoms with Gasteiger partial charge in [0.15, 0.2) is 0 Å². The highest BCUT2D eigenvalue weighted by atomic mass is 16.5. The van der Waals surface area contributed by atoms with Gasteiger partial charge >= 0.3 is 0 Å². The normalized spacial score (nSPS) is 15.4. The first-order valence-corrected chi connectivity index (χ1v) is 8.14. The van der Waals surface area contributed by atoms with Crippen LogP contribution in [-0.4, -0.2) is 63.9 Å². The van der Waals surface area contributed by atoms with Gasteiger partial charge in [-0.1, -0.05) is 6.07 Å². The molecule has 1 amide bonds. The Labute approximate surface area is 138 Å². The van der Waals surface area contributed by atoms with Gasteiger partial charge in [-0.3, -0.25) is 9.69 Å². The minimum atomic E-state index is -0.0553. The number of ether oxygens (including phenoxy) is 2. The summed E-state index contributed by atoms with van der Waals surface area (Å²) in [5, 5.41) is 6.08. The van der Waals surface area contributed by atoms with Crippen molar-refractivity contribution >= 4 is 11.6 Å². The monoisotopic (exact) mass is 321 g/mol. The van der Waals surface area contributed by atoms with Gasteiger partial charge in [0.25, 0.3) is 0 Å². The summed E-state index contributed by atoms with van der Waals surface area (Å²) in [6, 6.07) is 5.73. The number of nitrogens with zero attached hydrogens (tertiary/aromatic N) is 1. The highest BCUT2D eigenvalue weighted by Crippen LogP contribution is 2.24. The molecular weight excluding hydrogens is 294 g/mol. The van der Waals surface area contributed by atoms with Gasteiger partial charge in [0.1, 0.15) is 5.75 Å². The molecule has 0 aliphatic carbocycles. The van der Waals surface area contributed by atoms with Gasteiger partial charge in [-0.25, -0.2) is 0 Å². The molecule has 0 saturated carbocycles. The molecule has 1 aromatic carbocycles. The Balaban J connectivity index is 1.64. The maximum atomic E-state index is 12.0. The van der Waals surface area contributed by atoms with Crippen LogP contribution in [0.1, 0.15) is 12.0 Å². The fraction of sp³-hybridized carbons (Fsp3) is 0.588. The third-order valence-electron chi connectivity index (χ3n) is 3.85. The Morgan fingerprint density at radius 2 is 2.13 bits per heavy atom. The van der Waals surface area contributed by atoms with Crippen LogP contribution >= 0.6 is 0 Å². The molecule has 128 valence electrons. The van der Waals surface area contributed by atoms with Crippen LogP contribution in [0.25, 0.3) is 0 Å². The lowest BCUT2D eigenvalue weighted by molar-refractivity contribution is -0.115. The van der Waals surface area contributed by atoms with E-state index in [0.717, 1.165) is 51.4 Å². The Hall–Kier alpha value is -1.63. The molecule has 6 heteroatoms. The number of morpholine rings is 1. The van der Waals surface area contributed by atoms with E-state index in [1.165, 1.54) is 0 Å². The molecule has 1 aromatic rings. The van der Waals surface area contributed by atoms with Crippen molar-refractivity contribution in [2.75, 3.05) is 58.4 Å². The van der Waals surface area contributed by atoms with Gasteiger partial charge in [-0.05, 0) is 44.1 Å². The fourth-order valence-corrected chi connectivity index (χ4v) is 2.57. The van der Waals surface area contributed by atoms with Gasteiger partial charge in [0.05, 0.1) is 32.6 Å². The first kappa shape index (κ1) is 17.7. The van der Waals surface area contributed by atoms with Gasteiger partial charge in [0.2, 0.25) is 5.91 Å². The highest BCUT2D eigenvalue weighted by molar-refractivity contribution is 5.93. The Bertz CT molecular complexity index is 502. The van der Waals surface area contributed by atoms with Crippen LogP contribution in [0.5, 0.6) is 5.75 Å². The molecule has 6 nitrogen and oxygen atoms in total. The topological polar surface area (TPSA) is 62.8 Å². The third-order valence-corrected chi connectivity index (χ3v) is 3.85. The van der Waals surface area contributed by atoms with Crippen LogP contribution in [0.4, 0.5) is 5.69 Å². The summed E-state index contributed by atoms with van der Waals surface area (Å²) in [6.45, 7) is 7.84. The first-order chi connectivity index (χ1) is 11.2. The maximum Gasteiger partial charge on any atom is 0.238 e. The molecule has 1 heterocycles. The summed E-state index contributed by atoms with van der Waals surface area (Å²) in [5.74, 6) is 0.622. The molecule has 1 aliphatic heterocycles. The standard InChI is InChI=1S/C17H27N3O3/c1-14-4-5-16(22-2)15(12-14)19-17(21)13-18-6-3-7-20-8-10-23-11-9-20/h4-5,12,18H,3,6-11,13H2,1-2H3,(H,19,21). The average Bonchev–Trinajstić information content (AvgIpc) is 2.56. The highest BCUT2D eigenvalue weighted by Gasteiger charge is 2.10. The SMILES string of the molecule is COc1ccc(C)cc1NC(=O)CNCCCN1CCOCC1. The minimum Gasteiger partial charge on any atom is -0.495 e. The number of rotatable bonds is 8. The van der Waals surface area contributed by atoms with Gasteiger partial charge in [-0.2, -0.15) is 0 Å². The van der Waals surface area contributed by atoms with Crippen molar-refractivity contribution in [2.45, 2.75) is 13.3 Å². The number of aryl methyl sites for hydroxylation is 1. The van der Waals surface area contributed by atoms with Crippen molar-refractivity contribution in [3.8, 4) is 5.75 Å². The van der Waals surface area contributed by atoms with Crippen LogP contribution in [0.15, 0.2) is 18.2 Å². The van der Waals surface area contributed by atoms with E-state index in [1.807, 2.05) is 25.1 Å². The van der Waals surface area contributed by atoms with Crippen molar-refractivity contribution in [3.05, 3.63) is 23.8 Å². The lowest BCUT2D eigenvalue weighted by atomic mass is 10.2. The Morgan fingerprint density at radius 1 is 1.35 bits per heavy atom. The number of carbonyl (C=O) groups is 1. The predicted octanol–water partition coefficient (Wildman–Crippen LogP) is 1.25. The summed E-state index contributed by atoms with van der Waals surface area (Å²) >= 11 is 0. The quantitative estimate of drug-likeness (QED) is 0.706. The zero-order valence-corrected chi connectivity index (χ0v) is 14.1. The summed E-state index contributed by atoms with van der Waals surface area (Å²) in [5.41, 5.74) is 1.80. The van der Waals surface area contributed by atoms with E-state index < -0.39 is 0 Å². The summed E-state index contributed by atoms with van der Waals surface area (Å²) in [7, 11) is 1.60. The van der Waals surface area contributed by atoms with Crippen molar-refractivity contribution < 1.29 is 14.3 Å². The molecule has 0 unspecified atom stereocenters. The number of methoxy groups -OCH3 is 1. The van der Waals surface area contributed by atoms with Crippen LogP contribution < -0.4 is 15.4 Å². The van der Waals surface area contributed by atoms with Crippen LogP contribution in [0, 0.1) is 6.92 Å². The second-order valence-corrected chi connectivity index (χ2v) is 5.74. The van der Waals surface area contributed by atoms with E-state index in [2.05, 4.69) is 15.5 Å². The molecule has 0 bridgehead atoms. The number of anilines is 1. The van der Waals surface area contributed by atoms with Gasteiger partial charge in [-0.15, -0.1) is 0 Å². The van der Waals surface area contributed by atoms with E-state index >= 15 is 0 Å². The molecule has 1 aliphatic rings. The number of hydrogen-bond acceptors (Lipinski definition) is 5. The summed E-state index contributed by atoms with van der Waals surface area (Å²) in [4.78, 5) is 14.4. The molecule has 1 saturated heterocycles. The summed E-state index contributed by atoms with van der Waals surface area (Å²) < 4.78 is 10.6. The second kappa shape index (κ2) is 9.50. The van der Waals surface area contributed by atoms with Crippen molar-refractivity contribution in [1.82, 2.24) is 10.2 Å². The van der Waals surface area contributed by atoms with Gasteiger partial charge in [0, 0.05) is 13.1 Å². The average molecular weight is 321 g/mol. The van der Waals surface area contributed by atoms with Crippen LogP contribution in [0.3, 0.4) is 0 Å². The lowest BCUT2D eigenvalue weighted by Gasteiger charge is -2.26. The van der Waals surface area contributed by atoms with Crippen molar-refractivity contribution in [2.24, 2.45) is 0 Å². The third kappa shape index (κ3) is 6.17. The van der Waals surface area contributed by atoms with E-state index in [9.17, 15) is 4.79 Å². The first-order valence-electron chi connectivity index (χ1n) is 8.14. The number of nitrogens with one attached hydrogen (secondary N) is 2. The summed E-state index contributed by atoms with van der Waals surface area (Å²) in [6.07, 6.45) is 1.03. The molecule has 0 aromatic heterocycles. The second-order valence-electron chi connectivity index (χ2n) is 5.74. The van der Waals surface area contributed by atoms with E-state index in [0.29, 0.717) is 18.0 Å². The molecule has 0 atom stereocenters. The number of benzene rings is 1. The van der Waals surface area contributed by atoms with E-state index in [1.54, 1.807) is 7.11 Å².